The fourth-order valence-corrected chi connectivity index (χ4v) is 6.39. The summed E-state index contributed by atoms with van der Waals surface area (Å²) >= 11 is 1.94. The summed E-state index contributed by atoms with van der Waals surface area (Å²) in [6.07, 6.45) is 5.85. The van der Waals surface area contributed by atoms with Gasteiger partial charge in [-0.15, -0.1) is 11.3 Å². The van der Waals surface area contributed by atoms with Crippen LogP contribution in [0.4, 0.5) is 5.69 Å². The molecule has 0 saturated carbocycles. The highest BCUT2D eigenvalue weighted by Gasteiger charge is 2.23. The van der Waals surface area contributed by atoms with E-state index in [1.165, 1.54) is 68.8 Å². The molecule has 0 spiro atoms. The molecule has 0 aromatic heterocycles. The normalized spacial score (nSPS) is 21.8. The van der Waals surface area contributed by atoms with E-state index in [0.29, 0.717) is 6.04 Å². The first-order valence-corrected chi connectivity index (χ1v) is 12.9. The molecule has 1 N–H and O–H groups in total. The van der Waals surface area contributed by atoms with Gasteiger partial charge in [-0.25, -0.2) is 9.56 Å². The van der Waals surface area contributed by atoms with Crippen molar-refractivity contribution < 1.29 is 0 Å². The van der Waals surface area contributed by atoms with E-state index >= 15 is 0 Å². The maximum absolute atomic E-state index is 5.27. The third-order valence-electron chi connectivity index (χ3n) is 7.07. The lowest BCUT2D eigenvalue weighted by Gasteiger charge is -2.25. The number of hydrogen-bond acceptors (Lipinski definition) is 4. The van der Waals surface area contributed by atoms with Crippen LogP contribution in [0.25, 0.3) is 20.8 Å². The molecule has 5 heteroatoms. The Morgan fingerprint density at radius 3 is 2.71 bits per heavy atom. The van der Waals surface area contributed by atoms with E-state index in [4.69, 9.17) is 4.98 Å². The van der Waals surface area contributed by atoms with Gasteiger partial charge in [0.1, 0.15) is 6.54 Å². The van der Waals surface area contributed by atoms with Crippen LogP contribution in [0.3, 0.4) is 0 Å². The average Bonchev–Trinajstić information content (AvgIpc) is 3.04. The zero-order valence-corrected chi connectivity index (χ0v) is 20.0. The van der Waals surface area contributed by atoms with Crippen LogP contribution >= 0.6 is 11.3 Å². The summed E-state index contributed by atoms with van der Waals surface area (Å²) < 4.78 is 3.88. The maximum Gasteiger partial charge on any atom is 0.201 e. The van der Waals surface area contributed by atoms with Crippen LogP contribution in [0.5, 0.6) is 0 Å². The lowest BCUT2D eigenvalue weighted by molar-refractivity contribution is 0.598. The second-order valence-electron chi connectivity index (χ2n) is 9.10. The lowest BCUT2D eigenvalue weighted by atomic mass is 10.1. The fraction of sp³-hybridized carbons (Fsp3) is 0.538. The molecule has 0 amide bonds. The van der Waals surface area contributed by atoms with Crippen LogP contribution in [-0.2, 0) is 12.8 Å². The number of hydrogen-bond donors (Lipinski definition) is 1. The first-order valence-electron chi connectivity index (χ1n) is 12.1. The molecule has 5 rings (SSSR count). The van der Waals surface area contributed by atoms with E-state index in [9.17, 15) is 0 Å². The molecule has 3 aliphatic heterocycles. The highest BCUT2D eigenvalue weighted by atomic mass is 32.1. The van der Waals surface area contributed by atoms with Gasteiger partial charge in [-0.2, -0.15) is 0 Å². The Kier molecular flexibility index (Phi) is 5.98. The number of nitrogens with one attached hydrogen (secondary N) is 1. The summed E-state index contributed by atoms with van der Waals surface area (Å²) in [5.74, 6) is 0. The quantitative estimate of drug-likeness (QED) is 0.492. The second-order valence-corrected chi connectivity index (χ2v) is 10.2. The Labute approximate surface area is 190 Å². The van der Waals surface area contributed by atoms with E-state index in [1.54, 1.807) is 0 Å². The van der Waals surface area contributed by atoms with Gasteiger partial charge in [0, 0.05) is 43.4 Å². The van der Waals surface area contributed by atoms with Crippen LogP contribution in [0.2, 0.25) is 0 Å². The Morgan fingerprint density at radius 2 is 1.94 bits per heavy atom. The van der Waals surface area contributed by atoms with Crippen molar-refractivity contribution in [1.29, 1.82) is 0 Å². The lowest BCUT2D eigenvalue weighted by Crippen LogP contribution is -2.33. The van der Waals surface area contributed by atoms with Gasteiger partial charge in [-0.3, -0.25) is 0 Å². The minimum Gasteiger partial charge on any atom is -0.369 e. The Hall–Kier alpha value is -1.98. The van der Waals surface area contributed by atoms with Crippen molar-refractivity contribution in [1.82, 2.24) is 14.9 Å². The number of benzene rings is 2. The third kappa shape index (κ3) is 3.98. The molecule has 2 saturated heterocycles. The van der Waals surface area contributed by atoms with Crippen molar-refractivity contribution in [2.75, 3.05) is 37.6 Å². The molecule has 0 bridgehead atoms. The highest BCUT2D eigenvalue weighted by molar-refractivity contribution is 7.21. The first-order chi connectivity index (χ1) is 15.2. The maximum atomic E-state index is 5.27. The summed E-state index contributed by atoms with van der Waals surface area (Å²) in [4.78, 5) is 9.19. The molecule has 31 heavy (non-hydrogen) atoms. The summed E-state index contributed by atoms with van der Waals surface area (Å²) in [5.41, 5.74) is 6.56. The number of anilines is 1. The van der Waals surface area contributed by atoms with E-state index in [1.807, 2.05) is 11.3 Å². The van der Waals surface area contributed by atoms with Gasteiger partial charge in [0.05, 0.1) is 27.3 Å². The molecule has 164 valence electrons. The summed E-state index contributed by atoms with van der Waals surface area (Å²) in [6, 6.07) is 10.2. The molecule has 1 aromatic rings. The van der Waals surface area contributed by atoms with Crippen LogP contribution in [0.15, 0.2) is 24.3 Å². The molecule has 1 unspecified atom stereocenters. The van der Waals surface area contributed by atoms with Crippen molar-refractivity contribution in [3.8, 4) is 10.6 Å². The SMILES string of the molecule is CCc1cc(=[N+]2CCCNCC2)cc2sc3cc(N4CCCC4C)cc(CC)c3nc1-2. The summed E-state index contributed by atoms with van der Waals surface area (Å²) in [6.45, 7) is 12.5. The standard InChI is InChI=1S/C26H35N4S/c1-4-19-14-21(29-11-7-9-27-10-13-29)16-23-25(19)28-26-20(5-2)15-22(17-24(26)31-23)30-12-6-8-18(30)3/h14-18,27H,4-13H2,1-3H3/q+1. The van der Waals surface area contributed by atoms with Crippen LogP contribution in [0.1, 0.15) is 51.2 Å². The smallest absolute Gasteiger partial charge is 0.201 e. The molecular weight excluding hydrogens is 400 g/mol. The van der Waals surface area contributed by atoms with Gasteiger partial charge >= 0.3 is 0 Å². The first kappa shape index (κ1) is 20.9. The number of rotatable bonds is 3. The van der Waals surface area contributed by atoms with Gasteiger partial charge in [0.15, 0.2) is 6.54 Å². The van der Waals surface area contributed by atoms with Gasteiger partial charge in [0.25, 0.3) is 0 Å². The van der Waals surface area contributed by atoms with Crippen LogP contribution in [0, 0.1) is 0 Å². The fourth-order valence-electron chi connectivity index (χ4n) is 5.25. The average molecular weight is 436 g/mol. The van der Waals surface area contributed by atoms with E-state index in [2.05, 4.69) is 59.8 Å². The van der Waals surface area contributed by atoms with Crippen LogP contribution < -0.4 is 20.1 Å². The van der Waals surface area contributed by atoms with E-state index in [0.717, 1.165) is 39.0 Å². The zero-order chi connectivity index (χ0) is 21.4. The molecule has 0 radical (unpaired) electrons. The van der Waals surface area contributed by atoms with Crippen molar-refractivity contribution in [2.45, 2.75) is 58.9 Å². The Morgan fingerprint density at radius 1 is 1.06 bits per heavy atom. The second kappa shape index (κ2) is 8.87. The topological polar surface area (TPSA) is 31.2 Å². The van der Waals surface area contributed by atoms with Gasteiger partial charge in [-0.1, -0.05) is 13.8 Å². The highest BCUT2D eigenvalue weighted by Crippen LogP contribution is 2.37. The molecule has 1 aliphatic carbocycles. The Bertz CT molecular complexity index is 1120. The summed E-state index contributed by atoms with van der Waals surface area (Å²) in [7, 11) is 0. The third-order valence-corrected chi connectivity index (χ3v) is 8.13. The predicted molar refractivity (Wildman–Crippen MR) is 134 cm³/mol. The van der Waals surface area contributed by atoms with Gasteiger partial charge in [-0.05, 0) is 55.9 Å². The van der Waals surface area contributed by atoms with Gasteiger partial charge < -0.3 is 10.2 Å². The number of aromatic nitrogens is 1. The summed E-state index contributed by atoms with van der Waals surface area (Å²) in [5, 5.41) is 4.90. The molecule has 4 aliphatic rings. The number of fused-ring (bicyclic) bond motifs is 2. The molecular formula is C26H35N4S+. The Balaban J connectivity index is 1.72. The van der Waals surface area contributed by atoms with Crippen molar-refractivity contribution >= 4 is 27.2 Å². The monoisotopic (exact) mass is 435 g/mol. The van der Waals surface area contributed by atoms with E-state index < -0.39 is 0 Å². The molecule has 2 fully saturated rings. The van der Waals surface area contributed by atoms with Gasteiger partial charge in [0.2, 0.25) is 5.36 Å². The molecule has 1 aromatic carbocycles. The zero-order valence-electron chi connectivity index (χ0n) is 19.2. The van der Waals surface area contributed by atoms with Crippen LogP contribution in [-0.4, -0.2) is 43.7 Å². The largest absolute Gasteiger partial charge is 0.369 e. The number of nitrogens with zero attached hydrogens (tertiary/aromatic N) is 3. The van der Waals surface area contributed by atoms with E-state index in [-0.39, 0.29) is 0 Å². The molecule has 4 nitrogen and oxygen atoms in total. The number of aryl methyl sites for hydroxylation is 2. The minimum absolute atomic E-state index is 0.635. The van der Waals surface area contributed by atoms with Crippen molar-refractivity contribution in [3.63, 3.8) is 0 Å². The molecule has 1 atom stereocenters. The minimum atomic E-state index is 0.635. The van der Waals surface area contributed by atoms with Crippen molar-refractivity contribution in [3.05, 3.63) is 40.7 Å². The van der Waals surface area contributed by atoms with Crippen molar-refractivity contribution in [2.24, 2.45) is 0 Å². The molecule has 3 heterocycles. The predicted octanol–water partition coefficient (Wildman–Crippen LogP) is 4.28.